The average molecular weight is 400 g/mol. The van der Waals surface area contributed by atoms with Gasteiger partial charge in [-0.15, -0.1) is 11.3 Å². The summed E-state index contributed by atoms with van der Waals surface area (Å²) in [4.78, 5) is 30.8. The van der Waals surface area contributed by atoms with Crippen LogP contribution in [0.4, 0.5) is 5.69 Å². The minimum atomic E-state index is -0.0953. The molecule has 1 N–H and O–H groups in total. The second kappa shape index (κ2) is 9.01. The van der Waals surface area contributed by atoms with Gasteiger partial charge >= 0.3 is 0 Å². The van der Waals surface area contributed by atoms with E-state index in [0.717, 1.165) is 14.6 Å². The lowest BCUT2D eigenvalue weighted by Crippen LogP contribution is -2.30. The van der Waals surface area contributed by atoms with Crippen molar-refractivity contribution in [2.24, 2.45) is 0 Å². The fraction of sp³-hybridized carbons (Fsp3) is 0.250. The predicted molar refractivity (Wildman–Crippen MR) is 113 cm³/mol. The van der Waals surface area contributed by atoms with Crippen molar-refractivity contribution in [3.63, 3.8) is 0 Å². The van der Waals surface area contributed by atoms with Gasteiger partial charge < -0.3 is 10.2 Å². The third kappa shape index (κ3) is 4.87. The molecule has 5 nitrogen and oxygen atoms in total. The molecule has 0 aliphatic heterocycles. The van der Waals surface area contributed by atoms with Gasteiger partial charge in [-0.3, -0.25) is 9.59 Å². The van der Waals surface area contributed by atoms with Crippen molar-refractivity contribution in [1.82, 2.24) is 9.88 Å². The number of nitrogens with one attached hydrogen (secondary N) is 1. The molecule has 0 unspecified atom stereocenters. The fourth-order valence-electron chi connectivity index (χ4n) is 2.63. The summed E-state index contributed by atoms with van der Waals surface area (Å²) in [6.07, 6.45) is 0. The summed E-state index contributed by atoms with van der Waals surface area (Å²) >= 11 is 3.01. The Morgan fingerprint density at radius 1 is 1.07 bits per heavy atom. The molecule has 0 aliphatic carbocycles. The Labute approximate surface area is 166 Å². The Bertz CT molecular complexity index is 901. The Kier molecular flexibility index (Phi) is 6.47. The number of nitrogens with zero attached hydrogens (tertiary/aromatic N) is 2. The Morgan fingerprint density at radius 2 is 1.78 bits per heavy atom. The second-order valence-corrected chi connectivity index (χ2v) is 8.09. The first-order valence-corrected chi connectivity index (χ1v) is 10.6. The molecule has 1 heterocycles. The number of thioether (sulfide) groups is 1. The molecule has 2 aromatic carbocycles. The molecule has 3 rings (SSSR count). The fourth-order valence-corrected chi connectivity index (χ4v) is 4.50. The smallest absolute Gasteiger partial charge is 0.253 e. The van der Waals surface area contributed by atoms with Crippen LogP contribution in [-0.4, -0.2) is 40.5 Å². The van der Waals surface area contributed by atoms with E-state index in [9.17, 15) is 9.59 Å². The summed E-state index contributed by atoms with van der Waals surface area (Å²) in [5.74, 6) is 0.200. The van der Waals surface area contributed by atoms with Crippen LogP contribution in [0, 0.1) is 0 Å². The molecule has 1 aromatic heterocycles. The standard InChI is InChI=1S/C20H21N3O2S2/c1-3-23(4-2)19(25)14-9-11-15(12-10-14)21-18(24)13-26-20-22-16-7-5-6-8-17(16)27-20/h5-12H,3-4,13H2,1-2H3,(H,21,24). The SMILES string of the molecule is CCN(CC)C(=O)c1ccc(NC(=O)CSc2nc3ccccc3s2)cc1. The maximum Gasteiger partial charge on any atom is 0.253 e. The number of carbonyl (C=O) groups excluding carboxylic acids is 2. The molecule has 0 aliphatic rings. The van der Waals surface area contributed by atoms with E-state index in [1.54, 1.807) is 40.5 Å². The number of amides is 2. The summed E-state index contributed by atoms with van der Waals surface area (Å²) in [5, 5.41) is 2.86. The first-order valence-electron chi connectivity index (χ1n) is 8.78. The van der Waals surface area contributed by atoms with Crippen LogP contribution in [0.3, 0.4) is 0 Å². The molecular weight excluding hydrogens is 378 g/mol. The average Bonchev–Trinajstić information content (AvgIpc) is 3.11. The highest BCUT2D eigenvalue weighted by Crippen LogP contribution is 2.29. The molecule has 0 spiro atoms. The molecule has 0 radical (unpaired) electrons. The molecular formula is C20H21N3O2S2. The van der Waals surface area contributed by atoms with Crippen LogP contribution < -0.4 is 5.32 Å². The van der Waals surface area contributed by atoms with E-state index in [2.05, 4.69) is 10.3 Å². The number of hydrogen-bond acceptors (Lipinski definition) is 5. The van der Waals surface area contributed by atoms with Crippen LogP contribution in [-0.2, 0) is 4.79 Å². The Balaban J connectivity index is 1.55. The van der Waals surface area contributed by atoms with Gasteiger partial charge in [0, 0.05) is 24.3 Å². The van der Waals surface area contributed by atoms with Gasteiger partial charge in [0.05, 0.1) is 16.0 Å². The molecule has 27 heavy (non-hydrogen) atoms. The normalized spacial score (nSPS) is 10.7. The van der Waals surface area contributed by atoms with Crippen molar-refractivity contribution < 1.29 is 9.59 Å². The van der Waals surface area contributed by atoms with Crippen molar-refractivity contribution in [3.8, 4) is 0 Å². The third-order valence-corrected chi connectivity index (χ3v) is 6.25. The van der Waals surface area contributed by atoms with Gasteiger partial charge in [0.1, 0.15) is 0 Å². The highest BCUT2D eigenvalue weighted by atomic mass is 32.2. The molecule has 0 saturated heterocycles. The summed E-state index contributed by atoms with van der Waals surface area (Å²) in [6, 6.07) is 14.9. The summed E-state index contributed by atoms with van der Waals surface area (Å²) in [5.41, 5.74) is 2.26. The zero-order chi connectivity index (χ0) is 19.2. The maximum atomic E-state index is 12.3. The van der Waals surface area contributed by atoms with Crippen LogP contribution >= 0.6 is 23.1 Å². The minimum absolute atomic E-state index is 0.00395. The summed E-state index contributed by atoms with van der Waals surface area (Å²) < 4.78 is 2.00. The quantitative estimate of drug-likeness (QED) is 0.594. The second-order valence-electron chi connectivity index (χ2n) is 5.84. The van der Waals surface area contributed by atoms with Gasteiger partial charge in [-0.2, -0.15) is 0 Å². The number of rotatable bonds is 7. The molecule has 3 aromatic rings. The molecule has 2 amide bonds. The Morgan fingerprint density at radius 3 is 2.44 bits per heavy atom. The summed E-state index contributed by atoms with van der Waals surface area (Å²) in [6.45, 7) is 5.27. The minimum Gasteiger partial charge on any atom is -0.339 e. The van der Waals surface area contributed by atoms with E-state index < -0.39 is 0 Å². The highest BCUT2D eigenvalue weighted by Gasteiger charge is 2.12. The van der Waals surface area contributed by atoms with E-state index in [4.69, 9.17) is 0 Å². The lowest BCUT2D eigenvalue weighted by Gasteiger charge is -2.18. The number of carbonyl (C=O) groups is 2. The molecule has 0 atom stereocenters. The summed E-state index contributed by atoms with van der Waals surface area (Å²) in [7, 11) is 0. The highest BCUT2D eigenvalue weighted by molar-refractivity contribution is 8.01. The number of fused-ring (bicyclic) bond motifs is 1. The number of anilines is 1. The molecule has 140 valence electrons. The third-order valence-electron chi connectivity index (χ3n) is 4.07. The van der Waals surface area contributed by atoms with Crippen LogP contribution in [0.25, 0.3) is 10.2 Å². The number of thiazole rings is 1. The van der Waals surface area contributed by atoms with Gasteiger partial charge in [-0.25, -0.2) is 4.98 Å². The van der Waals surface area contributed by atoms with E-state index in [1.165, 1.54) is 11.8 Å². The largest absolute Gasteiger partial charge is 0.339 e. The van der Waals surface area contributed by atoms with Gasteiger partial charge in [0.2, 0.25) is 5.91 Å². The van der Waals surface area contributed by atoms with Crippen molar-refractivity contribution in [2.45, 2.75) is 18.2 Å². The first-order chi connectivity index (χ1) is 13.1. The molecule has 0 fully saturated rings. The van der Waals surface area contributed by atoms with Gasteiger partial charge in [0.15, 0.2) is 4.34 Å². The number of hydrogen-bond donors (Lipinski definition) is 1. The van der Waals surface area contributed by atoms with E-state index >= 15 is 0 Å². The zero-order valence-corrected chi connectivity index (χ0v) is 16.9. The van der Waals surface area contributed by atoms with E-state index in [-0.39, 0.29) is 11.8 Å². The Hall–Kier alpha value is -2.38. The van der Waals surface area contributed by atoms with E-state index in [1.807, 2.05) is 38.1 Å². The molecule has 7 heteroatoms. The first kappa shape index (κ1) is 19.4. The van der Waals surface area contributed by atoms with Crippen molar-refractivity contribution in [1.29, 1.82) is 0 Å². The van der Waals surface area contributed by atoms with Crippen molar-refractivity contribution in [2.75, 3.05) is 24.2 Å². The topological polar surface area (TPSA) is 62.3 Å². The maximum absolute atomic E-state index is 12.3. The van der Waals surface area contributed by atoms with Crippen molar-refractivity contribution >= 4 is 50.8 Å². The van der Waals surface area contributed by atoms with Gasteiger partial charge in [-0.1, -0.05) is 23.9 Å². The van der Waals surface area contributed by atoms with Gasteiger partial charge in [0.25, 0.3) is 5.91 Å². The monoisotopic (exact) mass is 399 g/mol. The lowest BCUT2D eigenvalue weighted by molar-refractivity contribution is -0.113. The van der Waals surface area contributed by atoms with E-state index in [0.29, 0.717) is 30.1 Å². The molecule has 0 bridgehead atoms. The van der Waals surface area contributed by atoms with Crippen LogP contribution in [0.5, 0.6) is 0 Å². The van der Waals surface area contributed by atoms with Crippen LogP contribution in [0.2, 0.25) is 0 Å². The zero-order valence-electron chi connectivity index (χ0n) is 15.3. The van der Waals surface area contributed by atoms with Gasteiger partial charge in [-0.05, 0) is 50.2 Å². The number of aromatic nitrogens is 1. The lowest BCUT2D eigenvalue weighted by atomic mass is 10.2. The van der Waals surface area contributed by atoms with Crippen molar-refractivity contribution in [3.05, 3.63) is 54.1 Å². The number of benzene rings is 2. The number of para-hydroxylation sites is 1. The predicted octanol–water partition coefficient (Wildman–Crippen LogP) is 4.51. The van der Waals surface area contributed by atoms with Crippen LogP contribution in [0.1, 0.15) is 24.2 Å². The van der Waals surface area contributed by atoms with Crippen LogP contribution in [0.15, 0.2) is 52.9 Å². The molecule has 0 saturated carbocycles.